The third-order valence-electron chi connectivity index (χ3n) is 3.16. The number of rotatable bonds is 5. The zero-order chi connectivity index (χ0) is 15.4. The minimum Gasteiger partial charge on any atom is -0.497 e. The first-order valence-corrected chi connectivity index (χ1v) is 6.50. The average molecular weight is 289 g/mol. The molecule has 0 aliphatic rings. The molecule has 0 fully saturated rings. The molecule has 0 N–H and O–H groups in total. The van der Waals surface area contributed by atoms with Crippen molar-refractivity contribution in [3.05, 3.63) is 41.7 Å². The summed E-state index contributed by atoms with van der Waals surface area (Å²) in [6.07, 6.45) is 3.63. The summed E-state index contributed by atoms with van der Waals surface area (Å²) < 4.78 is 12.1. The quantitative estimate of drug-likeness (QED) is 0.841. The second kappa shape index (κ2) is 6.30. The summed E-state index contributed by atoms with van der Waals surface area (Å²) >= 11 is 0. The molecule has 0 radical (unpaired) electrons. The Balaban J connectivity index is 2.18. The molecular formula is C15H19N3O3. The molecule has 6 heteroatoms. The predicted octanol–water partition coefficient (Wildman–Crippen LogP) is 1.71. The van der Waals surface area contributed by atoms with Crippen molar-refractivity contribution in [1.82, 2.24) is 14.7 Å². The topological polar surface area (TPSA) is 56.6 Å². The molecule has 1 amide bonds. The largest absolute Gasteiger partial charge is 0.497 e. The van der Waals surface area contributed by atoms with Gasteiger partial charge in [0.2, 0.25) is 0 Å². The molecule has 1 heterocycles. The van der Waals surface area contributed by atoms with E-state index in [0.717, 1.165) is 5.56 Å². The van der Waals surface area contributed by atoms with Crippen LogP contribution in [0.25, 0.3) is 0 Å². The Morgan fingerprint density at radius 1 is 1.33 bits per heavy atom. The molecule has 0 spiro atoms. The number of benzene rings is 1. The number of hydrogen-bond donors (Lipinski definition) is 0. The number of nitrogens with zero attached hydrogens (tertiary/aromatic N) is 3. The highest BCUT2D eigenvalue weighted by atomic mass is 16.5. The van der Waals surface area contributed by atoms with E-state index in [1.807, 2.05) is 13.2 Å². The smallest absolute Gasteiger partial charge is 0.257 e. The first-order valence-electron chi connectivity index (χ1n) is 6.50. The molecule has 2 rings (SSSR count). The Morgan fingerprint density at radius 2 is 2.10 bits per heavy atom. The predicted molar refractivity (Wildman–Crippen MR) is 78.6 cm³/mol. The lowest BCUT2D eigenvalue weighted by Gasteiger charge is -2.18. The van der Waals surface area contributed by atoms with E-state index < -0.39 is 0 Å². The summed E-state index contributed by atoms with van der Waals surface area (Å²) in [4.78, 5) is 14.1. The minimum atomic E-state index is -0.113. The molecule has 0 aliphatic heterocycles. The zero-order valence-electron chi connectivity index (χ0n) is 12.7. The highest BCUT2D eigenvalue weighted by Crippen LogP contribution is 2.25. The summed E-state index contributed by atoms with van der Waals surface area (Å²) in [5, 5.41) is 4.10. The van der Waals surface area contributed by atoms with Gasteiger partial charge in [-0.05, 0) is 12.1 Å². The van der Waals surface area contributed by atoms with Gasteiger partial charge in [0.1, 0.15) is 11.5 Å². The molecule has 0 atom stereocenters. The van der Waals surface area contributed by atoms with Crippen molar-refractivity contribution in [2.24, 2.45) is 7.05 Å². The zero-order valence-corrected chi connectivity index (χ0v) is 12.7. The van der Waals surface area contributed by atoms with Gasteiger partial charge >= 0.3 is 0 Å². The lowest BCUT2D eigenvalue weighted by molar-refractivity contribution is 0.0781. The van der Waals surface area contributed by atoms with Crippen LogP contribution in [0.15, 0.2) is 30.6 Å². The van der Waals surface area contributed by atoms with Crippen molar-refractivity contribution < 1.29 is 14.3 Å². The molecule has 6 nitrogen and oxygen atoms in total. The van der Waals surface area contributed by atoms with Crippen LogP contribution in [0.1, 0.15) is 15.9 Å². The van der Waals surface area contributed by atoms with Crippen LogP contribution in [-0.4, -0.2) is 41.9 Å². The lowest BCUT2D eigenvalue weighted by Crippen LogP contribution is -2.26. The van der Waals surface area contributed by atoms with Crippen LogP contribution in [0.4, 0.5) is 0 Å². The number of aryl methyl sites for hydroxylation is 1. The molecule has 1 aromatic heterocycles. The van der Waals surface area contributed by atoms with Gasteiger partial charge in [-0.25, -0.2) is 0 Å². The Hall–Kier alpha value is -2.50. The van der Waals surface area contributed by atoms with E-state index in [2.05, 4.69) is 5.10 Å². The van der Waals surface area contributed by atoms with Crippen molar-refractivity contribution in [3.63, 3.8) is 0 Å². The molecule has 0 bridgehead atoms. The van der Waals surface area contributed by atoms with Crippen LogP contribution < -0.4 is 9.47 Å². The summed E-state index contributed by atoms with van der Waals surface area (Å²) in [7, 11) is 6.70. The molecule has 21 heavy (non-hydrogen) atoms. The van der Waals surface area contributed by atoms with Gasteiger partial charge in [-0.2, -0.15) is 5.10 Å². The Bertz CT molecular complexity index is 637. The molecule has 0 saturated carbocycles. The second-order valence-corrected chi connectivity index (χ2v) is 4.75. The van der Waals surface area contributed by atoms with Crippen molar-refractivity contribution in [3.8, 4) is 11.5 Å². The lowest BCUT2D eigenvalue weighted by atomic mass is 10.1. The van der Waals surface area contributed by atoms with Crippen LogP contribution in [0.2, 0.25) is 0 Å². The van der Waals surface area contributed by atoms with Crippen molar-refractivity contribution >= 4 is 5.91 Å². The Kier molecular flexibility index (Phi) is 4.47. The fraction of sp³-hybridized carbons (Fsp3) is 0.333. The first-order chi connectivity index (χ1) is 10.0. The Labute approximate surface area is 123 Å². The number of methoxy groups -OCH3 is 2. The number of ether oxygens (including phenoxy) is 2. The summed E-state index contributed by atoms with van der Waals surface area (Å²) in [5.74, 6) is 1.04. The molecule has 1 aromatic carbocycles. The molecule has 112 valence electrons. The van der Waals surface area contributed by atoms with Gasteiger partial charge in [0.05, 0.1) is 26.0 Å². The van der Waals surface area contributed by atoms with Gasteiger partial charge in [0, 0.05) is 38.5 Å². The van der Waals surface area contributed by atoms with Crippen molar-refractivity contribution in [1.29, 1.82) is 0 Å². The van der Waals surface area contributed by atoms with Gasteiger partial charge in [0.15, 0.2) is 0 Å². The van der Waals surface area contributed by atoms with E-state index in [-0.39, 0.29) is 5.91 Å². The Morgan fingerprint density at radius 3 is 2.67 bits per heavy atom. The maximum absolute atomic E-state index is 12.5. The van der Waals surface area contributed by atoms with E-state index in [1.54, 1.807) is 48.1 Å². The average Bonchev–Trinajstić information content (AvgIpc) is 2.90. The summed E-state index contributed by atoms with van der Waals surface area (Å²) in [6, 6.07) is 5.15. The normalized spacial score (nSPS) is 10.3. The SMILES string of the molecule is COc1ccc(C(=O)N(C)Cc2cnn(C)c2)c(OC)c1. The monoisotopic (exact) mass is 289 g/mol. The molecular weight excluding hydrogens is 270 g/mol. The van der Waals surface area contributed by atoms with Gasteiger partial charge in [-0.15, -0.1) is 0 Å². The maximum atomic E-state index is 12.5. The van der Waals surface area contributed by atoms with Gasteiger partial charge in [-0.1, -0.05) is 0 Å². The number of aromatic nitrogens is 2. The first kappa shape index (κ1) is 14.9. The van der Waals surface area contributed by atoms with Gasteiger partial charge in [-0.3, -0.25) is 9.48 Å². The van der Waals surface area contributed by atoms with E-state index >= 15 is 0 Å². The van der Waals surface area contributed by atoms with Crippen LogP contribution in [0.5, 0.6) is 11.5 Å². The fourth-order valence-electron chi connectivity index (χ4n) is 2.08. The molecule has 0 unspecified atom stereocenters. The highest BCUT2D eigenvalue weighted by molar-refractivity contribution is 5.97. The third kappa shape index (κ3) is 3.34. The van der Waals surface area contributed by atoms with Crippen LogP contribution in [0, 0.1) is 0 Å². The maximum Gasteiger partial charge on any atom is 0.257 e. The second-order valence-electron chi connectivity index (χ2n) is 4.75. The molecule has 0 saturated heterocycles. The van der Waals surface area contributed by atoms with Gasteiger partial charge < -0.3 is 14.4 Å². The van der Waals surface area contributed by atoms with E-state index in [4.69, 9.17) is 9.47 Å². The number of amides is 1. The third-order valence-corrected chi connectivity index (χ3v) is 3.16. The highest BCUT2D eigenvalue weighted by Gasteiger charge is 2.18. The summed E-state index contributed by atoms with van der Waals surface area (Å²) in [6.45, 7) is 0.488. The van der Waals surface area contributed by atoms with Crippen molar-refractivity contribution in [2.75, 3.05) is 21.3 Å². The van der Waals surface area contributed by atoms with Crippen LogP contribution >= 0.6 is 0 Å². The van der Waals surface area contributed by atoms with Gasteiger partial charge in [0.25, 0.3) is 5.91 Å². The summed E-state index contributed by atoms with van der Waals surface area (Å²) in [5.41, 5.74) is 1.48. The van der Waals surface area contributed by atoms with E-state index in [0.29, 0.717) is 23.6 Å². The van der Waals surface area contributed by atoms with Crippen molar-refractivity contribution in [2.45, 2.75) is 6.54 Å². The number of carbonyl (C=O) groups excluding carboxylic acids is 1. The van der Waals surface area contributed by atoms with E-state index in [9.17, 15) is 4.79 Å². The number of carbonyl (C=O) groups is 1. The number of hydrogen-bond acceptors (Lipinski definition) is 4. The molecule has 0 aliphatic carbocycles. The standard InChI is InChI=1S/C15H19N3O3/c1-17(9-11-8-16-18(2)10-11)15(19)13-6-5-12(20-3)7-14(13)21-4/h5-8,10H,9H2,1-4H3. The minimum absolute atomic E-state index is 0.113. The van der Waals surface area contributed by atoms with E-state index in [1.165, 1.54) is 7.11 Å². The van der Waals surface area contributed by atoms with Crippen LogP contribution in [0.3, 0.4) is 0 Å². The van der Waals surface area contributed by atoms with Crippen LogP contribution in [-0.2, 0) is 13.6 Å². The fourth-order valence-corrected chi connectivity index (χ4v) is 2.08. The molecule has 2 aromatic rings.